The number of anilines is 1. The van der Waals surface area contributed by atoms with Crippen LogP contribution >= 0.6 is 24.0 Å². The summed E-state index contributed by atoms with van der Waals surface area (Å²) in [7, 11) is -2.94. The van der Waals surface area contributed by atoms with Crippen LogP contribution < -0.4 is 15.5 Å². The molecule has 0 aromatic heterocycles. The maximum atomic E-state index is 11.4. The van der Waals surface area contributed by atoms with Gasteiger partial charge in [-0.25, -0.2) is 8.42 Å². The number of nitrogens with one attached hydrogen (secondary N) is 2. The zero-order valence-electron chi connectivity index (χ0n) is 18.1. The zero-order valence-corrected chi connectivity index (χ0v) is 21.3. The van der Waals surface area contributed by atoms with Crippen molar-refractivity contribution in [1.29, 1.82) is 0 Å². The Kier molecular flexibility index (Phi) is 10.7. The van der Waals surface area contributed by atoms with Crippen LogP contribution in [0.5, 0.6) is 0 Å². The van der Waals surface area contributed by atoms with Gasteiger partial charge in [0.2, 0.25) is 0 Å². The largest absolute Gasteiger partial charge is 0.371 e. The second-order valence-corrected chi connectivity index (χ2v) is 10.7. The quantitative estimate of drug-likeness (QED) is 0.303. The first-order chi connectivity index (χ1) is 13.2. The van der Waals surface area contributed by atoms with Gasteiger partial charge in [-0.3, -0.25) is 4.99 Å². The fourth-order valence-corrected chi connectivity index (χ4v) is 4.19. The first kappa shape index (κ1) is 26.0. The molecule has 6 nitrogen and oxygen atoms in total. The van der Waals surface area contributed by atoms with Gasteiger partial charge in [0, 0.05) is 44.2 Å². The number of benzene rings is 1. The molecule has 0 saturated carbocycles. The predicted octanol–water partition coefficient (Wildman–Crippen LogP) is 3.29. The Morgan fingerprint density at radius 1 is 1.21 bits per heavy atom. The van der Waals surface area contributed by atoms with Crippen molar-refractivity contribution in [1.82, 2.24) is 10.6 Å². The second kappa shape index (κ2) is 12.0. The normalized spacial score (nSPS) is 16.3. The van der Waals surface area contributed by atoms with Crippen LogP contribution in [-0.2, 0) is 9.84 Å². The minimum atomic E-state index is -2.94. The zero-order chi connectivity index (χ0) is 20.6. The van der Waals surface area contributed by atoms with E-state index in [1.54, 1.807) is 0 Å². The monoisotopic (exact) mass is 536 g/mol. The van der Waals surface area contributed by atoms with Gasteiger partial charge in [0.05, 0.1) is 5.75 Å². The number of sulfone groups is 1. The van der Waals surface area contributed by atoms with Crippen LogP contribution in [0.2, 0.25) is 0 Å². The van der Waals surface area contributed by atoms with Crippen LogP contribution in [0.25, 0.3) is 0 Å². The minimum Gasteiger partial charge on any atom is -0.371 e. The van der Waals surface area contributed by atoms with Gasteiger partial charge in [0.25, 0.3) is 0 Å². The fraction of sp³-hybridized carbons (Fsp3) is 0.667. The highest BCUT2D eigenvalue weighted by molar-refractivity contribution is 14.0. The van der Waals surface area contributed by atoms with Gasteiger partial charge in [0.1, 0.15) is 9.84 Å². The molecule has 0 aliphatic carbocycles. The van der Waals surface area contributed by atoms with Gasteiger partial charge in [-0.05, 0) is 43.7 Å². The van der Waals surface area contributed by atoms with Crippen LogP contribution in [0, 0.1) is 5.41 Å². The number of halogens is 1. The third-order valence-electron chi connectivity index (χ3n) is 5.12. The van der Waals surface area contributed by atoms with Crippen molar-refractivity contribution in [3.8, 4) is 0 Å². The molecule has 0 radical (unpaired) electrons. The van der Waals surface area contributed by atoms with E-state index in [0.29, 0.717) is 19.0 Å². The number of rotatable bonds is 8. The molecule has 0 bridgehead atoms. The molecular weight excluding hydrogens is 499 g/mol. The summed E-state index contributed by atoms with van der Waals surface area (Å²) in [4.78, 5) is 7.17. The standard InChI is InChI=1S/C21H36N4O2S.HI/c1-5-22-20(23-17-21(2,3)13-16-28(4,26)27)24-18-11-14-25(15-12-18)19-9-7-6-8-10-19;/h6-10,18H,5,11-17H2,1-4H3,(H2,22,23,24);1H. The Bertz CT molecular complexity index is 730. The Balaban J connectivity index is 0.00000420. The summed E-state index contributed by atoms with van der Waals surface area (Å²) in [5.74, 6) is 1.03. The van der Waals surface area contributed by atoms with Crippen molar-refractivity contribution in [2.45, 2.75) is 46.1 Å². The van der Waals surface area contributed by atoms with E-state index in [2.05, 4.69) is 60.6 Å². The molecule has 1 heterocycles. The van der Waals surface area contributed by atoms with E-state index in [9.17, 15) is 8.42 Å². The van der Waals surface area contributed by atoms with Crippen molar-refractivity contribution < 1.29 is 8.42 Å². The van der Waals surface area contributed by atoms with E-state index in [-0.39, 0.29) is 35.1 Å². The van der Waals surface area contributed by atoms with Crippen molar-refractivity contribution in [2.24, 2.45) is 10.4 Å². The van der Waals surface area contributed by atoms with E-state index in [4.69, 9.17) is 4.99 Å². The Hall–Kier alpha value is -1.03. The lowest BCUT2D eigenvalue weighted by Gasteiger charge is -2.34. The minimum absolute atomic E-state index is 0. The summed E-state index contributed by atoms with van der Waals surface area (Å²) in [6, 6.07) is 10.9. The Labute approximate surface area is 193 Å². The smallest absolute Gasteiger partial charge is 0.191 e. The van der Waals surface area contributed by atoms with Crippen molar-refractivity contribution >= 4 is 45.5 Å². The molecule has 1 aromatic rings. The number of aliphatic imine (C=N–C) groups is 1. The number of guanidine groups is 1. The van der Waals surface area contributed by atoms with Crippen molar-refractivity contribution in [2.75, 3.05) is 43.1 Å². The lowest BCUT2D eigenvalue weighted by atomic mass is 9.90. The summed E-state index contributed by atoms with van der Waals surface area (Å²) >= 11 is 0. The molecule has 1 aliphatic rings. The van der Waals surface area contributed by atoms with Gasteiger partial charge in [-0.2, -0.15) is 0 Å². The maximum absolute atomic E-state index is 11.4. The van der Waals surface area contributed by atoms with Crippen molar-refractivity contribution in [3.63, 3.8) is 0 Å². The van der Waals surface area contributed by atoms with Gasteiger partial charge < -0.3 is 15.5 Å². The fourth-order valence-electron chi connectivity index (χ4n) is 3.27. The van der Waals surface area contributed by atoms with E-state index >= 15 is 0 Å². The molecule has 1 fully saturated rings. The number of para-hydroxylation sites is 1. The van der Waals surface area contributed by atoms with Crippen LogP contribution in [0.15, 0.2) is 35.3 Å². The number of piperidine rings is 1. The number of hydrogen-bond acceptors (Lipinski definition) is 4. The molecule has 2 rings (SSSR count). The molecule has 1 aromatic carbocycles. The highest BCUT2D eigenvalue weighted by Crippen LogP contribution is 2.22. The molecule has 0 unspecified atom stereocenters. The average molecular weight is 537 g/mol. The summed E-state index contributed by atoms with van der Waals surface area (Å²) in [6.07, 6.45) is 4.04. The van der Waals surface area contributed by atoms with Crippen molar-refractivity contribution in [3.05, 3.63) is 30.3 Å². The van der Waals surface area contributed by atoms with Gasteiger partial charge in [0.15, 0.2) is 5.96 Å². The summed E-state index contributed by atoms with van der Waals surface area (Å²) in [6.45, 7) is 9.66. The number of hydrogen-bond donors (Lipinski definition) is 2. The predicted molar refractivity (Wildman–Crippen MR) is 134 cm³/mol. The molecule has 29 heavy (non-hydrogen) atoms. The lowest BCUT2D eigenvalue weighted by Crippen LogP contribution is -2.49. The topological polar surface area (TPSA) is 73.8 Å². The second-order valence-electron chi connectivity index (χ2n) is 8.48. The van der Waals surface area contributed by atoms with E-state index in [1.165, 1.54) is 11.9 Å². The third-order valence-corrected chi connectivity index (χ3v) is 6.06. The highest BCUT2D eigenvalue weighted by Gasteiger charge is 2.22. The van der Waals surface area contributed by atoms with E-state index < -0.39 is 9.84 Å². The molecule has 1 aliphatic heterocycles. The first-order valence-electron chi connectivity index (χ1n) is 10.2. The summed E-state index contributed by atoms with van der Waals surface area (Å²) in [5.41, 5.74) is 1.14. The van der Waals surface area contributed by atoms with Gasteiger partial charge in [-0.1, -0.05) is 32.0 Å². The molecule has 1 saturated heterocycles. The molecule has 0 atom stereocenters. The maximum Gasteiger partial charge on any atom is 0.191 e. The summed E-state index contributed by atoms with van der Waals surface area (Å²) < 4.78 is 22.9. The molecule has 0 amide bonds. The highest BCUT2D eigenvalue weighted by atomic mass is 127. The molecule has 166 valence electrons. The van der Waals surface area contributed by atoms with E-state index in [1.807, 2.05) is 6.07 Å². The Morgan fingerprint density at radius 2 is 1.83 bits per heavy atom. The molecular formula is C21H37IN4O2S. The lowest BCUT2D eigenvalue weighted by molar-refractivity contribution is 0.364. The van der Waals surface area contributed by atoms with Crippen LogP contribution in [0.1, 0.15) is 40.0 Å². The van der Waals surface area contributed by atoms with E-state index in [0.717, 1.165) is 38.4 Å². The third kappa shape index (κ3) is 10.0. The summed E-state index contributed by atoms with van der Waals surface area (Å²) in [5, 5.41) is 6.89. The molecule has 0 spiro atoms. The average Bonchev–Trinajstić information content (AvgIpc) is 2.66. The van der Waals surface area contributed by atoms with Gasteiger partial charge in [-0.15, -0.1) is 24.0 Å². The van der Waals surface area contributed by atoms with Crippen LogP contribution in [0.3, 0.4) is 0 Å². The first-order valence-corrected chi connectivity index (χ1v) is 12.3. The molecule has 2 N–H and O–H groups in total. The van der Waals surface area contributed by atoms with Gasteiger partial charge >= 0.3 is 0 Å². The molecule has 8 heteroatoms. The SMILES string of the molecule is CCNC(=NCC(C)(C)CCS(C)(=O)=O)NC1CCN(c2ccccc2)CC1.I. The van der Waals surface area contributed by atoms with Crippen LogP contribution in [-0.4, -0.2) is 58.6 Å². The Morgan fingerprint density at radius 3 is 2.38 bits per heavy atom. The van der Waals surface area contributed by atoms with Crippen LogP contribution in [0.4, 0.5) is 5.69 Å². The number of nitrogens with zero attached hydrogens (tertiary/aromatic N) is 2.